The highest BCUT2D eigenvalue weighted by atomic mass is 35.5. The van der Waals surface area contributed by atoms with E-state index < -0.39 is 5.60 Å². The van der Waals surface area contributed by atoms with Gasteiger partial charge in [0.15, 0.2) is 0 Å². The topological polar surface area (TPSA) is 35.2 Å². The number of benzene rings is 1. The summed E-state index contributed by atoms with van der Waals surface area (Å²) in [6.45, 7) is 2.27. The van der Waals surface area contributed by atoms with Crippen LogP contribution in [0.5, 0.6) is 0 Å². The van der Waals surface area contributed by atoms with Crippen LogP contribution in [0.25, 0.3) is 0 Å². The largest absolute Gasteiger partial charge is 0.372 e. The molecule has 0 fully saturated rings. The molecule has 14 heavy (non-hydrogen) atoms. The van der Waals surface area contributed by atoms with Crippen molar-refractivity contribution in [2.45, 2.75) is 12.5 Å². The van der Waals surface area contributed by atoms with Crippen LogP contribution in [-0.4, -0.2) is 13.7 Å². The summed E-state index contributed by atoms with van der Waals surface area (Å²) in [4.78, 5) is 0. The van der Waals surface area contributed by atoms with Crippen LogP contribution in [0.15, 0.2) is 18.2 Å². The van der Waals surface area contributed by atoms with Gasteiger partial charge in [0.05, 0.1) is 0 Å². The van der Waals surface area contributed by atoms with E-state index in [-0.39, 0.29) is 0 Å². The van der Waals surface area contributed by atoms with Crippen molar-refractivity contribution >= 4 is 23.2 Å². The number of hydrogen-bond donors (Lipinski definition) is 1. The summed E-state index contributed by atoms with van der Waals surface area (Å²) in [5.74, 6) is 0. The van der Waals surface area contributed by atoms with Crippen molar-refractivity contribution < 1.29 is 4.74 Å². The van der Waals surface area contributed by atoms with Crippen LogP contribution in [0.1, 0.15) is 12.5 Å². The van der Waals surface area contributed by atoms with E-state index in [1.54, 1.807) is 13.2 Å². The number of hydrogen-bond acceptors (Lipinski definition) is 2. The molecule has 0 aromatic heterocycles. The fourth-order valence-electron chi connectivity index (χ4n) is 1.18. The molecular weight excluding hydrogens is 221 g/mol. The molecule has 0 saturated carbocycles. The molecule has 0 aliphatic heterocycles. The molecule has 2 nitrogen and oxygen atoms in total. The molecule has 0 saturated heterocycles. The summed E-state index contributed by atoms with van der Waals surface area (Å²) in [5.41, 5.74) is 5.99. The van der Waals surface area contributed by atoms with E-state index in [1.165, 1.54) is 0 Å². The van der Waals surface area contributed by atoms with E-state index in [4.69, 9.17) is 33.7 Å². The van der Waals surface area contributed by atoms with E-state index in [9.17, 15) is 0 Å². The van der Waals surface area contributed by atoms with Gasteiger partial charge in [-0.15, -0.1) is 0 Å². The molecule has 0 radical (unpaired) electrons. The molecule has 78 valence electrons. The minimum atomic E-state index is -0.533. The summed E-state index contributed by atoms with van der Waals surface area (Å²) in [6, 6.07) is 5.30. The van der Waals surface area contributed by atoms with E-state index in [0.717, 1.165) is 5.56 Å². The molecule has 1 aromatic rings. The highest BCUT2D eigenvalue weighted by Crippen LogP contribution is 2.28. The van der Waals surface area contributed by atoms with Crippen molar-refractivity contribution in [1.29, 1.82) is 0 Å². The van der Waals surface area contributed by atoms with Gasteiger partial charge in [-0.1, -0.05) is 23.2 Å². The van der Waals surface area contributed by atoms with Crippen molar-refractivity contribution in [1.82, 2.24) is 0 Å². The van der Waals surface area contributed by atoms with Crippen LogP contribution in [0, 0.1) is 0 Å². The zero-order valence-corrected chi connectivity index (χ0v) is 9.69. The van der Waals surface area contributed by atoms with E-state index in [1.807, 2.05) is 19.1 Å². The number of nitrogens with two attached hydrogens (primary N) is 1. The summed E-state index contributed by atoms with van der Waals surface area (Å²) in [5, 5.41) is 1.17. The second kappa shape index (κ2) is 4.49. The Morgan fingerprint density at radius 3 is 2.14 bits per heavy atom. The van der Waals surface area contributed by atoms with Crippen molar-refractivity contribution in [2.24, 2.45) is 5.73 Å². The van der Waals surface area contributed by atoms with Gasteiger partial charge < -0.3 is 10.5 Å². The summed E-state index contributed by atoms with van der Waals surface area (Å²) >= 11 is 11.8. The van der Waals surface area contributed by atoms with Crippen LogP contribution >= 0.6 is 23.2 Å². The molecule has 1 aromatic carbocycles. The lowest BCUT2D eigenvalue weighted by Crippen LogP contribution is -2.33. The first kappa shape index (κ1) is 11.8. The molecule has 0 amide bonds. The molecule has 1 unspecified atom stereocenters. The van der Waals surface area contributed by atoms with Crippen LogP contribution in [0.2, 0.25) is 10.0 Å². The number of methoxy groups -OCH3 is 1. The molecule has 0 bridgehead atoms. The lowest BCUT2D eigenvalue weighted by atomic mass is 9.96. The first-order chi connectivity index (χ1) is 6.51. The third-order valence-corrected chi connectivity index (χ3v) is 2.75. The third kappa shape index (κ3) is 2.39. The van der Waals surface area contributed by atoms with Gasteiger partial charge >= 0.3 is 0 Å². The Hall–Kier alpha value is -0.280. The summed E-state index contributed by atoms with van der Waals surface area (Å²) in [7, 11) is 1.61. The maximum Gasteiger partial charge on any atom is 0.102 e. The van der Waals surface area contributed by atoms with Gasteiger partial charge in [-0.05, 0) is 30.7 Å². The lowest BCUT2D eigenvalue weighted by Gasteiger charge is -2.27. The second-order valence-electron chi connectivity index (χ2n) is 3.30. The maximum atomic E-state index is 5.89. The molecule has 0 aliphatic rings. The maximum absolute atomic E-state index is 5.89. The molecular formula is C10H13Cl2NO. The highest BCUT2D eigenvalue weighted by molar-refractivity contribution is 6.34. The van der Waals surface area contributed by atoms with Gasteiger partial charge in [-0.2, -0.15) is 0 Å². The van der Waals surface area contributed by atoms with Crippen LogP contribution < -0.4 is 5.73 Å². The SMILES string of the molecule is COC(C)(CN)c1cc(Cl)cc(Cl)c1. The summed E-state index contributed by atoms with van der Waals surface area (Å²) in [6.07, 6.45) is 0. The zero-order chi connectivity index (χ0) is 10.8. The van der Waals surface area contributed by atoms with Crippen LogP contribution in [0.3, 0.4) is 0 Å². The second-order valence-corrected chi connectivity index (χ2v) is 4.17. The first-order valence-electron chi connectivity index (χ1n) is 4.23. The Bertz CT molecular complexity index is 304. The van der Waals surface area contributed by atoms with Gasteiger partial charge in [0.25, 0.3) is 0 Å². The number of rotatable bonds is 3. The van der Waals surface area contributed by atoms with Crippen LogP contribution in [-0.2, 0) is 10.3 Å². The summed E-state index contributed by atoms with van der Waals surface area (Å²) < 4.78 is 5.34. The van der Waals surface area contributed by atoms with E-state index in [0.29, 0.717) is 16.6 Å². The quantitative estimate of drug-likeness (QED) is 0.872. The van der Waals surface area contributed by atoms with Crippen molar-refractivity contribution in [3.8, 4) is 0 Å². The zero-order valence-electron chi connectivity index (χ0n) is 8.18. The number of halogens is 2. The molecule has 4 heteroatoms. The Morgan fingerprint density at radius 2 is 1.79 bits per heavy atom. The standard InChI is InChI=1S/C10H13Cl2NO/c1-10(6-13,14-2)7-3-8(11)5-9(12)4-7/h3-5H,6,13H2,1-2H3. The Balaban J connectivity index is 3.17. The predicted octanol–water partition coefficient (Wildman–Crippen LogP) is 2.81. The van der Waals surface area contributed by atoms with Crippen molar-refractivity contribution in [3.63, 3.8) is 0 Å². The lowest BCUT2D eigenvalue weighted by molar-refractivity contribution is 0.0101. The van der Waals surface area contributed by atoms with Gasteiger partial charge in [0.2, 0.25) is 0 Å². The molecule has 1 rings (SSSR count). The average Bonchev–Trinajstić information content (AvgIpc) is 2.15. The Kier molecular flexibility index (Phi) is 3.78. The number of ether oxygens (including phenoxy) is 1. The minimum absolute atomic E-state index is 0.375. The Morgan fingerprint density at radius 1 is 1.29 bits per heavy atom. The van der Waals surface area contributed by atoms with Gasteiger partial charge in [-0.3, -0.25) is 0 Å². The predicted molar refractivity (Wildman–Crippen MR) is 59.9 cm³/mol. The van der Waals surface area contributed by atoms with Gasteiger partial charge in [0, 0.05) is 23.7 Å². The van der Waals surface area contributed by atoms with Crippen molar-refractivity contribution in [2.75, 3.05) is 13.7 Å². The average molecular weight is 234 g/mol. The fourth-order valence-corrected chi connectivity index (χ4v) is 1.70. The monoisotopic (exact) mass is 233 g/mol. The van der Waals surface area contributed by atoms with E-state index in [2.05, 4.69) is 0 Å². The fraction of sp³-hybridized carbons (Fsp3) is 0.400. The van der Waals surface area contributed by atoms with Crippen molar-refractivity contribution in [3.05, 3.63) is 33.8 Å². The molecule has 0 spiro atoms. The minimum Gasteiger partial charge on any atom is -0.372 e. The Labute approximate surface area is 94.0 Å². The smallest absolute Gasteiger partial charge is 0.102 e. The normalized spacial score (nSPS) is 15.2. The van der Waals surface area contributed by atoms with E-state index >= 15 is 0 Å². The highest BCUT2D eigenvalue weighted by Gasteiger charge is 2.24. The third-order valence-electron chi connectivity index (χ3n) is 2.31. The molecule has 2 N–H and O–H groups in total. The molecule has 0 aliphatic carbocycles. The molecule has 1 atom stereocenters. The van der Waals surface area contributed by atoms with Gasteiger partial charge in [0.1, 0.15) is 5.60 Å². The van der Waals surface area contributed by atoms with Crippen LogP contribution in [0.4, 0.5) is 0 Å². The first-order valence-corrected chi connectivity index (χ1v) is 4.99. The van der Waals surface area contributed by atoms with Gasteiger partial charge in [-0.25, -0.2) is 0 Å². The molecule has 0 heterocycles.